The first-order chi connectivity index (χ1) is 12.4. The third-order valence-electron chi connectivity index (χ3n) is 3.62. The quantitative estimate of drug-likeness (QED) is 0.692. The van der Waals surface area contributed by atoms with Gasteiger partial charge in [0.1, 0.15) is 0 Å². The topological polar surface area (TPSA) is 102 Å². The molecule has 2 heterocycles. The Balaban J connectivity index is 1.77. The van der Waals surface area contributed by atoms with Crippen molar-refractivity contribution in [3.05, 3.63) is 46.7 Å². The van der Waals surface area contributed by atoms with Crippen LogP contribution >= 0.6 is 11.3 Å². The molecule has 0 bridgehead atoms. The summed E-state index contributed by atoms with van der Waals surface area (Å²) in [5.41, 5.74) is 0.470. The highest BCUT2D eigenvalue weighted by Gasteiger charge is 2.20. The van der Waals surface area contributed by atoms with E-state index in [0.717, 1.165) is 4.88 Å². The van der Waals surface area contributed by atoms with Crippen LogP contribution < -0.4 is 5.32 Å². The van der Waals surface area contributed by atoms with Gasteiger partial charge in [-0.1, -0.05) is 17.2 Å². The van der Waals surface area contributed by atoms with Gasteiger partial charge in [0, 0.05) is 10.4 Å². The first-order valence-corrected chi connectivity index (χ1v) is 10.3. The number of hydrogen-bond donors (Lipinski definition) is 1. The monoisotopic (exact) mass is 391 g/mol. The zero-order valence-corrected chi connectivity index (χ0v) is 15.8. The van der Waals surface area contributed by atoms with Gasteiger partial charge in [0.15, 0.2) is 9.84 Å². The van der Waals surface area contributed by atoms with Crippen molar-refractivity contribution in [1.82, 2.24) is 10.2 Å². The Labute approximate surface area is 155 Å². The number of aromatic nitrogens is 2. The summed E-state index contributed by atoms with van der Waals surface area (Å²) in [5, 5.41) is 11.6. The maximum Gasteiger partial charge on any atom is 0.322 e. The summed E-state index contributed by atoms with van der Waals surface area (Å²) in [7, 11) is -3.41. The lowest BCUT2D eigenvalue weighted by molar-refractivity contribution is -0.115. The Morgan fingerprint density at radius 1 is 1.23 bits per heavy atom. The fourth-order valence-electron chi connectivity index (χ4n) is 2.20. The van der Waals surface area contributed by atoms with Crippen LogP contribution in [-0.4, -0.2) is 29.8 Å². The maximum absolute atomic E-state index is 12.3. The zero-order valence-electron chi connectivity index (χ0n) is 14.2. The summed E-state index contributed by atoms with van der Waals surface area (Å²) in [6, 6.07) is 10.0. The largest absolute Gasteiger partial charge is 0.403 e. The molecular weight excluding hydrogens is 374 g/mol. The molecule has 0 saturated heterocycles. The second kappa shape index (κ2) is 7.38. The Morgan fingerprint density at radius 2 is 2.04 bits per heavy atom. The van der Waals surface area contributed by atoms with E-state index in [9.17, 15) is 13.2 Å². The third-order valence-corrected chi connectivity index (χ3v) is 6.64. The fraction of sp³-hybridized carbons (Fsp3) is 0.235. The molecule has 1 aromatic carbocycles. The molecule has 2 aromatic heterocycles. The van der Waals surface area contributed by atoms with Crippen LogP contribution in [0.1, 0.15) is 18.7 Å². The molecule has 0 spiro atoms. The molecule has 3 aromatic rings. The van der Waals surface area contributed by atoms with E-state index in [4.69, 9.17) is 4.42 Å². The normalized spacial score (nSPS) is 11.7. The predicted molar refractivity (Wildman–Crippen MR) is 98.7 cm³/mol. The lowest BCUT2D eigenvalue weighted by Gasteiger charge is -2.08. The highest BCUT2D eigenvalue weighted by Crippen LogP contribution is 2.24. The molecule has 0 radical (unpaired) electrons. The van der Waals surface area contributed by atoms with Crippen LogP contribution in [0.4, 0.5) is 6.01 Å². The van der Waals surface area contributed by atoms with Crippen LogP contribution in [0.5, 0.6) is 0 Å². The first-order valence-electron chi connectivity index (χ1n) is 7.86. The molecule has 0 aliphatic heterocycles. The molecule has 1 N–H and O–H groups in total. The minimum atomic E-state index is -3.41. The highest BCUT2D eigenvalue weighted by molar-refractivity contribution is 7.92. The van der Waals surface area contributed by atoms with E-state index < -0.39 is 15.1 Å². The number of nitrogens with one attached hydrogen (secondary N) is 1. The molecule has 0 saturated carbocycles. The van der Waals surface area contributed by atoms with E-state index in [-0.39, 0.29) is 29.1 Å². The van der Waals surface area contributed by atoms with Crippen molar-refractivity contribution in [2.75, 3.05) is 5.32 Å². The zero-order chi connectivity index (χ0) is 18.7. The Hall–Kier alpha value is -2.52. The van der Waals surface area contributed by atoms with Gasteiger partial charge in [0.25, 0.3) is 0 Å². The van der Waals surface area contributed by atoms with E-state index in [0.29, 0.717) is 5.56 Å². The minimum Gasteiger partial charge on any atom is -0.403 e. The number of carbonyl (C=O) groups is 1. The minimum absolute atomic E-state index is 0.0290. The molecule has 136 valence electrons. The second-order valence-corrected chi connectivity index (χ2v) is 9.37. The lowest BCUT2D eigenvalue weighted by atomic mass is 10.2. The van der Waals surface area contributed by atoms with E-state index in [1.54, 1.807) is 26.0 Å². The number of benzene rings is 1. The van der Waals surface area contributed by atoms with Gasteiger partial charge in [-0.15, -0.1) is 16.4 Å². The van der Waals surface area contributed by atoms with E-state index >= 15 is 0 Å². The van der Waals surface area contributed by atoms with E-state index in [2.05, 4.69) is 15.5 Å². The molecule has 7 nitrogen and oxygen atoms in total. The van der Waals surface area contributed by atoms with Gasteiger partial charge in [-0.2, -0.15) is 0 Å². The van der Waals surface area contributed by atoms with E-state index in [1.165, 1.54) is 23.5 Å². The van der Waals surface area contributed by atoms with Crippen molar-refractivity contribution in [3.8, 4) is 11.5 Å². The molecule has 1 amide bonds. The van der Waals surface area contributed by atoms with Crippen molar-refractivity contribution >= 4 is 33.1 Å². The molecule has 9 heteroatoms. The summed E-state index contributed by atoms with van der Waals surface area (Å²) in [6.45, 7) is 3.24. The SMILES string of the molecule is CC(C)S(=O)(=O)c1cccc(-c2nnc(NC(=O)Cc3cccs3)o2)c1. The number of hydrogen-bond acceptors (Lipinski definition) is 7. The number of carbonyl (C=O) groups excluding carboxylic acids is 1. The van der Waals surface area contributed by atoms with Gasteiger partial charge in [0.2, 0.25) is 11.8 Å². The summed E-state index contributed by atoms with van der Waals surface area (Å²) in [4.78, 5) is 13.1. The maximum atomic E-state index is 12.3. The summed E-state index contributed by atoms with van der Waals surface area (Å²) >= 11 is 1.49. The second-order valence-electron chi connectivity index (χ2n) is 5.84. The van der Waals surface area contributed by atoms with Gasteiger partial charge in [-0.05, 0) is 43.5 Å². The van der Waals surface area contributed by atoms with Crippen molar-refractivity contribution < 1.29 is 17.6 Å². The van der Waals surface area contributed by atoms with Crippen molar-refractivity contribution in [3.63, 3.8) is 0 Å². The van der Waals surface area contributed by atoms with E-state index in [1.807, 2.05) is 17.5 Å². The Morgan fingerprint density at radius 3 is 2.73 bits per heavy atom. The Kier molecular flexibility index (Phi) is 5.19. The Bertz CT molecular complexity index is 1010. The van der Waals surface area contributed by atoms with Crippen molar-refractivity contribution in [2.24, 2.45) is 0 Å². The summed E-state index contributed by atoms with van der Waals surface area (Å²) in [6.07, 6.45) is 0.220. The van der Waals surface area contributed by atoms with Gasteiger partial charge in [0.05, 0.1) is 16.6 Å². The molecule has 3 rings (SSSR count). The van der Waals surface area contributed by atoms with Crippen molar-refractivity contribution in [2.45, 2.75) is 30.4 Å². The van der Waals surface area contributed by atoms with Crippen LogP contribution in [0, 0.1) is 0 Å². The predicted octanol–water partition coefficient (Wildman–Crippen LogP) is 3.16. The summed E-state index contributed by atoms with van der Waals surface area (Å²) in [5.74, 6) is -0.129. The average Bonchev–Trinajstić information content (AvgIpc) is 3.27. The highest BCUT2D eigenvalue weighted by atomic mass is 32.2. The van der Waals surface area contributed by atoms with Crippen LogP contribution in [-0.2, 0) is 21.1 Å². The molecular formula is C17H17N3O4S2. The number of sulfone groups is 1. The first kappa shape index (κ1) is 18.3. The molecule has 0 fully saturated rings. The van der Waals surface area contributed by atoms with Crippen LogP contribution in [0.3, 0.4) is 0 Å². The molecule has 0 aliphatic rings. The number of anilines is 1. The number of nitrogens with zero attached hydrogens (tertiary/aromatic N) is 2. The standard InChI is InChI=1S/C17H17N3O4S2/c1-11(2)26(22,23)14-7-3-5-12(9-14)16-19-20-17(24-16)18-15(21)10-13-6-4-8-25-13/h3-9,11H,10H2,1-2H3,(H,18,20,21). The van der Waals surface area contributed by atoms with Crippen LogP contribution in [0.15, 0.2) is 51.1 Å². The average molecular weight is 391 g/mol. The fourth-order valence-corrected chi connectivity index (χ4v) is 4.01. The smallest absolute Gasteiger partial charge is 0.322 e. The van der Waals surface area contributed by atoms with Crippen molar-refractivity contribution in [1.29, 1.82) is 0 Å². The summed E-state index contributed by atoms with van der Waals surface area (Å²) < 4.78 is 30.0. The van der Waals surface area contributed by atoms with Gasteiger partial charge in [-0.3, -0.25) is 10.1 Å². The van der Waals surface area contributed by atoms with Gasteiger partial charge >= 0.3 is 6.01 Å². The molecule has 0 atom stereocenters. The molecule has 0 unspecified atom stereocenters. The molecule has 0 aliphatic carbocycles. The third kappa shape index (κ3) is 4.00. The number of rotatable bonds is 6. The lowest BCUT2D eigenvalue weighted by Crippen LogP contribution is -2.14. The van der Waals surface area contributed by atoms with Crippen LogP contribution in [0.25, 0.3) is 11.5 Å². The van der Waals surface area contributed by atoms with Crippen LogP contribution in [0.2, 0.25) is 0 Å². The van der Waals surface area contributed by atoms with Gasteiger partial charge in [-0.25, -0.2) is 8.42 Å². The number of thiophene rings is 1. The molecule has 26 heavy (non-hydrogen) atoms. The van der Waals surface area contributed by atoms with Gasteiger partial charge < -0.3 is 4.42 Å². The number of amides is 1.